The Bertz CT molecular complexity index is 814. The molecule has 0 N–H and O–H groups in total. The lowest BCUT2D eigenvalue weighted by Gasteiger charge is -2.36. The molecule has 0 spiro atoms. The van der Waals surface area contributed by atoms with Crippen molar-refractivity contribution in [2.75, 3.05) is 69.2 Å². The summed E-state index contributed by atoms with van der Waals surface area (Å²) in [6, 6.07) is 11.7. The van der Waals surface area contributed by atoms with E-state index < -0.39 is 0 Å². The fourth-order valence-electron chi connectivity index (χ4n) is 3.63. The van der Waals surface area contributed by atoms with Crippen LogP contribution in [-0.2, 0) is 0 Å². The second-order valence-corrected chi connectivity index (χ2v) is 8.25. The van der Waals surface area contributed by atoms with E-state index in [0.717, 1.165) is 60.9 Å². The number of piperazine rings is 2. The summed E-state index contributed by atoms with van der Waals surface area (Å²) in [5, 5.41) is 8.89. The molecule has 2 aliphatic rings. The van der Waals surface area contributed by atoms with Gasteiger partial charge < -0.3 is 19.6 Å². The number of hydrogen-bond acceptors (Lipinski definition) is 6. The highest BCUT2D eigenvalue weighted by Gasteiger charge is 2.23. The van der Waals surface area contributed by atoms with Crippen molar-refractivity contribution in [1.29, 1.82) is 0 Å². The molecule has 148 valence electrons. The summed E-state index contributed by atoms with van der Waals surface area (Å²) < 4.78 is 0.924. The Morgan fingerprint density at radius 3 is 1.96 bits per heavy atom. The van der Waals surface area contributed by atoms with Gasteiger partial charge in [-0.3, -0.25) is 4.79 Å². The maximum absolute atomic E-state index is 12.7. The van der Waals surface area contributed by atoms with Crippen LogP contribution in [0.25, 0.3) is 0 Å². The molecule has 2 aromatic rings. The van der Waals surface area contributed by atoms with Gasteiger partial charge in [0.25, 0.3) is 5.91 Å². The topological polar surface area (TPSA) is 55.8 Å². The van der Waals surface area contributed by atoms with Gasteiger partial charge in [-0.15, -0.1) is 10.2 Å². The number of nitrogens with zero attached hydrogens (tertiary/aromatic N) is 6. The molecule has 0 atom stereocenters. The first-order valence-corrected chi connectivity index (χ1v) is 10.5. The van der Waals surface area contributed by atoms with E-state index in [1.165, 1.54) is 0 Å². The van der Waals surface area contributed by atoms with Gasteiger partial charge in [0.2, 0.25) is 0 Å². The quantitative estimate of drug-likeness (QED) is 0.720. The van der Waals surface area contributed by atoms with E-state index in [9.17, 15) is 4.79 Å². The van der Waals surface area contributed by atoms with Crippen LogP contribution in [0.4, 0.5) is 11.6 Å². The number of likely N-dealkylation sites (N-methyl/N-ethyl adjacent to an activating group) is 1. The zero-order chi connectivity index (χ0) is 19.5. The van der Waals surface area contributed by atoms with Crippen LogP contribution in [0.1, 0.15) is 10.4 Å². The monoisotopic (exact) mass is 444 g/mol. The molecule has 0 unspecified atom stereocenters. The second-order valence-electron chi connectivity index (χ2n) is 7.33. The minimum atomic E-state index is 0.0810. The molecule has 0 radical (unpaired) electrons. The standard InChI is InChI=1S/C20H25BrN6O/c1-24-7-9-25(10-8-24)18-5-6-19(23-22-18)26-11-13-27(14-12-26)20(28)16-3-2-4-17(21)15-16/h2-6,15H,7-14H2,1H3. The molecule has 8 heteroatoms. The molecule has 1 amide bonds. The molecule has 3 heterocycles. The average molecular weight is 445 g/mol. The first-order chi connectivity index (χ1) is 13.6. The van der Waals surface area contributed by atoms with E-state index in [0.29, 0.717) is 13.1 Å². The number of benzene rings is 1. The third-order valence-electron chi connectivity index (χ3n) is 5.43. The summed E-state index contributed by atoms with van der Waals surface area (Å²) in [7, 11) is 2.15. The maximum Gasteiger partial charge on any atom is 0.254 e. The van der Waals surface area contributed by atoms with E-state index in [2.05, 4.69) is 53.9 Å². The number of rotatable bonds is 3. The molecule has 2 fully saturated rings. The van der Waals surface area contributed by atoms with Crippen molar-refractivity contribution in [1.82, 2.24) is 20.0 Å². The summed E-state index contributed by atoms with van der Waals surface area (Å²) in [6.07, 6.45) is 0. The Morgan fingerprint density at radius 2 is 1.43 bits per heavy atom. The van der Waals surface area contributed by atoms with Crippen molar-refractivity contribution in [3.8, 4) is 0 Å². The first kappa shape index (κ1) is 19.1. The van der Waals surface area contributed by atoms with Crippen molar-refractivity contribution < 1.29 is 4.79 Å². The fraction of sp³-hybridized carbons (Fsp3) is 0.450. The number of hydrogen-bond donors (Lipinski definition) is 0. The molecule has 0 aliphatic carbocycles. The highest BCUT2D eigenvalue weighted by Crippen LogP contribution is 2.19. The average Bonchev–Trinajstić information content (AvgIpc) is 2.74. The maximum atomic E-state index is 12.7. The number of halogens is 1. The van der Waals surface area contributed by atoms with Crippen LogP contribution >= 0.6 is 15.9 Å². The Kier molecular flexibility index (Phi) is 5.77. The van der Waals surface area contributed by atoms with Crippen molar-refractivity contribution in [2.45, 2.75) is 0 Å². The summed E-state index contributed by atoms with van der Waals surface area (Å²) >= 11 is 3.43. The van der Waals surface area contributed by atoms with E-state index in [-0.39, 0.29) is 5.91 Å². The highest BCUT2D eigenvalue weighted by atomic mass is 79.9. The minimum Gasteiger partial charge on any atom is -0.353 e. The molecule has 1 aromatic heterocycles. The fourth-order valence-corrected chi connectivity index (χ4v) is 4.03. The van der Waals surface area contributed by atoms with Crippen LogP contribution in [0, 0.1) is 0 Å². The lowest BCUT2D eigenvalue weighted by Crippen LogP contribution is -2.49. The Morgan fingerprint density at radius 1 is 0.857 bits per heavy atom. The molecule has 28 heavy (non-hydrogen) atoms. The lowest BCUT2D eigenvalue weighted by molar-refractivity contribution is 0.0746. The number of aromatic nitrogens is 2. The lowest BCUT2D eigenvalue weighted by atomic mass is 10.2. The van der Waals surface area contributed by atoms with Crippen LogP contribution in [0.3, 0.4) is 0 Å². The zero-order valence-corrected chi connectivity index (χ0v) is 17.7. The molecule has 0 saturated carbocycles. The molecule has 7 nitrogen and oxygen atoms in total. The van der Waals surface area contributed by atoms with Crippen LogP contribution in [0.5, 0.6) is 0 Å². The van der Waals surface area contributed by atoms with Crippen LogP contribution in [-0.4, -0.2) is 85.3 Å². The predicted octanol–water partition coefficient (Wildman–Crippen LogP) is 1.95. The van der Waals surface area contributed by atoms with Gasteiger partial charge in [-0.05, 0) is 37.4 Å². The van der Waals surface area contributed by atoms with Gasteiger partial charge in [0, 0.05) is 62.4 Å². The van der Waals surface area contributed by atoms with Crippen molar-refractivity contribution in [3.05, 3.63) is 46.4 Å². The Hall–Kier alpha value is -2.19. The molecule has 2 aliphatic heterocycles. The first-order valence-electron chi connectivity index (χ1n) is 9.67. The van der Waals surface area contributed by atoms with Gasteiger partial charge in [0.05, 0.1) is 0 Å². The smallest absolute Gasteiger partial charge is 0.254 e. The molecule has 1 aromatic carbocycles. The third kappa shape index (κ3) is 4.28. The Balaban J connectivity index is 1.34. The van der Waals surface area contributed by atoms with Gasteiger partial charge >= 0.3 is 0 Å². The van der Waals surface area contributed by atoms with Crippen LogP contribution in [0.15, 0.2) is 40.9 Å². The summed E-state index contributed by atoms with van der Waals surface area (Å²) in [4.78, 5) is 21.4. The van der Waals surface area contributed by atoms with Crippen molar-refractivity contribution in [2.24, 2.45) is 0 Å². The largest absolute Gasteiger partial charge is 0.353 e. The Labute approximate surface area is 174 Å². The summed E-state index contributed by atoms with van der Waals surface area (Å²) in [5.74, 6) is 1.91. The molecule has 2 saturated heterocycles. The molecular formula is C20H25BrN6O. The van der Waals surface area contributed by atoms with E-state index in [4.69, 9.17) is 0 Å². The van der Waals surface area contributed by atoms with Gasteiger partial charge in [0.15, 0.2) is 11.6 Å². The van der Waals surface area contributed by atoms with E-state index in [1.54, 1.807) is 0 Å². The number of anilines is 2. The minimum absolute atomic E-state index is 0.0810. The van der Waals surface area contributed by atoms with Crippen molar-refractivity contribution in [3.63, 3.8) is 0 Å². The third-order valence-corrected chi connectivity index (χ3v) is 5.92. The molecule has 4 rings (SSSR count). The normalized spacial score (nSPS) is 18.4. The van der Waals surface area contributed by atoms with E-state index in [1.807, 2.05) is 35.2 Å². The molecular weight excluding hydrogens is 420 g/mol. The predicted molar refractivity (Wildman–Crippen MR) is 114 cm³/mol. The van der Waals surface area contributed by atoms with Gasteiger partial charge in [0.1, 0.15) is 0 Å². The molecule has 0 bridgehead atoms. The second kappa shape index (κ2) is 8.45. The van der Waals surface area contributed by atoms with Gasteiger partial charge in [-0.25, -0.2) is 0 Å². The highest BCUT2D eigenvalue weighted by molar-refractivity contribution is 9.10. The number of carbonyl (C=O) groups is 1. The van der Waals surface area contributed by atoms with Crippen LogP contribution in [0.2, 0.25) is 0 Å². The summed E-state index contributed by atoms with van der Waals surface area (Å²) in [5.41, 5.74) is 0.721. The number of carbonyl (C=O) groups excluding carboxylic acids is 1. The van der Waals surface area contributed by atoms with Crippen molar-refractivity contribution >= 4 is 33.5 Å². The van der Waals surface area contributed by atoms with Gasteiger partial charge in [-0.1, -0.05) is 22.0 Å². The van der Waals surface area contributed by atoms with Crippen LogP contribution < -0.4 is 9.80 Å². The summed E-state index contributed by atoms with van der Waals surface area (Å²) in [6.45, 7) is 6.99. The van der Waals surface area contributed by atoms with Gasteiger partial charge in [-0.2, -0.15) is 0 Å². The SMILES string of the molecule is CN1CCN(c2ccc(N3CCN(C(=O)c4cccc(Br)c4)CC3)nn2)CC1. The number of amides is 1. The zero-order valence-electron chi connectivity index (χ0n) is 16.1. The van der Waals surface area contributed by atoms with E-state index >= 15 is 0 Å².